The van der Waals surface area contributed by atoms with E-state index in [2.05, 4.69) is 15.3 Å². The lowest BCUT2D eigenvalue weighted by atomic mass is 10.1. The van der Waals surface area contributed by atoms with Gasteiger partial charge in [0.1, 0.15) is 0 Å². The standard InChI is InChI=1S/C25H23N3O7/c1-15-7-8-16(2)28(15)22-12-19(9-10-21(22)25(33)35-14-34-17(3)29)23(30)27-26-13-18-5-4-6-20(11-18)24(31)32/h4-13H,14H2,1-3H3,(H,27,30)(H,31,32). The fourth-order valence-electron chi connectivity index (χ4n) is 3.30. The molecule has 0 saturated heterocycles. The van der Waals surface area contributed by atoms with Crippen molar-refractivity contribution < 1.29 is 33.8 Å². The first-order valence-corrected chi connectivity index (χ1v) is 10.4. The molecule has 0 radical (unpaired) electrons. The first-order chi connectivity index (χ1) is 16.7. The molecule has 3 aromatic rings. The third-order valence-corrected chi connectivity index (χ3v) is 4.96. The van der Waals surface area contributed by atoms with Crippen LogP contribution >= 0.6 is 0 Å². The van der Waals surface area contributed by atoms with Crippen LogP contribution in [0.3, 0.4) is 0 Å². The lowest BCUT2D eigenvalue weighted by Crippen LogP contribution is -2.20. The molecule has 35 heavy (non-hydrogen) atoms. The van der Waals surface area contributed by atoms with Crippen LogP contribution < -0.4 is 5.43 Å². The lowest BCUT2D eigenvalue weighted by molar-refractivity contribution is -0.149. The van der Waals surface area contributed by atoms with Crippen molar-refractivity contribution in [2.75, 3.05) is 6.79 Å². The van der Waals surface area contributed by atoms with E-state index in [0.29, 0.717) is 11.3 Å². The zero-order chi connectivity index (χ0) is 25.5. The average molecular weight is 477 g/mol. The van der Waals surface area contributed by atoms with Gasteiger partial charge in [0.2, 0.25) is 6.79 Å². The molecule has 180 valence electrons. The number of rotatable bonds is 8. The number of nitrogens with zero attached hydrogens (tertiary/aromatic N) is 2. The van der Waals surface area contributed by atoms with E-state index < -0.39 is 30.6 Å². The van der Waals surface area contributed by atoms with Gasteiger partial charge in [0.15, 0.2) is 0 Å². The summed E-state index contributed by atoms with van der Waals surface area (Å²) < 4.78 is 11.5. The summed E-state index contributed by atoms with van der Waals surface area (Å²) in [6.07, 6.45) is 1.33. The van der Waals surface area contributed by atoms with Gasteiger partial charge in [0, 0.05) is 23.9 Å². The maximum atomic E-state index is 12.7. The Kier molecular flexibility index (Phi) is 7.77. The van der Waals surface area contributed by atoms with Crippen molar-refractivity contribution in [2.24, 2.45) is 5.10 Å². The number of aryl methyl sites for hydroxylation is 2. The van der Waals surface area contributed by atoms with Gasteiger partial charge >= 0.3 is 17.9 Å². The van der Waals surface area contributed by atoms with Gasteiger partial charge in [0.05, 0.1) is 23.0 Å². The van der Waals surface area contributed by atoms with E-state index in [9.17, 15) is 19.2 Å². The molecule has 10 nitrogen and oxygen atoms in total. The molecule has 0 atom stereocenters. The van der Waals surface area contributed by atoms with Gasteiger partial charge in [-0.2, -0.15) is 5.10 Å². The van der Waals surface area contributed by atoms with Crippen molar-refractivity contribution in [2.45, 2.75) is 20.8 Å². The number of carbonyl (C=O) groups is 4. The van der Waals surface area contributed by atoms with Crippen molar-refractivity contribution in [1.29, 1.82) is 0 Å². The molecule has 0 spiro atoms. The van der Waals surface area contributed by atoms with Crippen molar-refractivity contribution in [3.05, 3.63) is 88.2 Å². The number of carbonyl (C=O) groups excluding carboxylic acids is 3. The highest BCUT2D eigenvalue weighted by molar-refractivity contribution is 5.99. The lowest BCUT2D eigenvalue weighted by Gasteiger charge is -2.15. The Morgan fingerprint density at radius 1 is 0.971 bits per heavy atom. The summed E-state index contributed by atoms with van der Waals surface area (Å²) in [4.78, 5) is 47.4. The molecule has 3 rings (SSSR count). The predicted molar refractivity (Wildman–Crippen MR) is 126 cm³/mol. The van der Waals surface area contributed by atoms with Crippen LogP contribution in [0.25, 0.3) is 5.69 Å². The highest BCUT2D eigenvalue weighted by Crippen LogP contribution is 2.23. The number of hydrazone groups is 1. The van der Waals surface area contributed by atoms with Gasteiger partial charge in [-0.15, -0.1) is 0 Å². The number of aromatic carboxylic acids is 1. The minimum absolute atomic E-state index is 0.0959. The summed E-state index contributed by atoms with van der Waals surface area (Å²) in [7, 11) is 0. The minimum atomic E-state index is -1.07. The molecule has 0 aliphatic rings. The van der Waals surface area contributed by atoms with E-state index in [1.807, 2.05) is 26.0 Å². The highest BCUT2D eigenvalue weighted by atomic mass is 16.7. The van der Waals surface area contributed by atoms with Crippen LogP contribution in [0, 0.1) is 13.8 Å². The number of nitrogens with one attached hydrogen (secondary N) is 1. The van der Waals surface area contributed by atoms with Crippen LogP contribution in [0.5, 0.6) is 0 Å². The summed E-state index contributed by atoms with van der Waals surface area (Å²) in [6, 6.07) is 14.2. The third kappa shape index (κ3) is 6.20. The van der Waals surface area contributed by atoms with E-state index in [1.165, 1.54) is 43.5 Å². The second-order valence-corrected chi connectivity index (χ2v) is 7.50. The maximum Gasteiger partial charge on any atom is 0.343 e. The van der Waals surface area contributed by atoms with E-state index in [-0.39, 0.29) is 16.7 Å². The summed E-state index contributed by atoms with van der Waals surface area (Å²) in [5.41, 5.74) is 5.43. The van der Waals surface area contributed by atoms with E-state index in [4.69, 9.17) is 9.84 Å². The Bertz CT molecular complexity index is 1300. The first-order valence-electron chi connectivity index (χ1n) is 10.4. The zero-order valence-corrected chi connectivity index (χ0v) is 19.3. The molecule has 1 amide bonds. The molecule has 0 aliphatic carbocycles. The second-order valence-electron chi connectivity index (χ2n) is 7.50. The monoisotopic (exact) mass is 477 g/mol. The smallest absolute Gasteiger partial charge is 0.343 e. The Morgan fingerprint density at radius 2 is 1.69 bits per heavy atom. The van der Waals surface area contributed by atoms with Crippen molar-refractivity contribution in [3.63, 3.8) is 0 Å². The summed E-state index contributed by atoms with van der Waals surface area (Å²) in [5, 5.41) is 13.0. The summed E-state index contributed by atoms with van der Waals surface area (Å²) in [5.74, 6) is -2.92. The third-order valence-electron chi connectivity index (χ3n) is 4.96. The predicted octanol–water partition coefficient (Wildman–Crippen LogP) is 3.23. The molecule has 2 N–H and O–H groups in total. The van der Waals surface area contributed by atoms with Crippen LogP contribution in [0.15, 0.2) is 59.7 Å². The van der Waals surface area contributed by atoms with E-state index in [0.717, 1.165) is 11.4 Å². The quantitative estimate of drug-likeness (QED) is 0.220. The fourth-order valence-corrected chi connectivity index (χ4v) is 3.30. The molecule has 0 fully saturated rings. The summed E-state index contributed by atoms with van der Waals surface area (Å²) in [6.45, 7) is 4.37. The Morgan fingerprint density at radius 3 is 2.34 bits per heavy atom. The van der Waals surface area contributed by atoms with Gasteiger partial charge in [0.25, 0.3) is 5.91 Å². The number of amides is 1. The molecular weight excluding hydrogens is 454 g/mol. The number of esters is 2. The molecule has 10 heteroatoms. The molecule has 2 aromatic carbocycles. The van der Waals surface area contributed by atoms with Crippen LogP contribution in [0.4, 0.5) is 0 Å². The van der Waals surface area contributed by atoms with E-state index in [1.54, 1.807) is 16.7 Å². The Labute approximate surface area is 200 Å². The molecule has 1 aromatic heterocycles. The van der Waals surface area contributed by atoms with Gasteiger partial charge in [-0.1, -0.05) is 12.1 Å². The van der Waals surface area contributed by atoms with Gasteiger partial charge in [-0.05, 0) is 61.9 Å². The summed E-state index contributed by atoms with van der Waals surface area (Å²) >= 11 is 0. The second kappa shape index (κ2) is 10.9. The molecule has 0 aliphatic heterocycles. The molecule has 1 heterocycles. The minimum Gasteiger partial charge on any atom is -0.478 e. The molecule has 0 unspecified atom stereocenters. The molecule has 0 bridgehead atoms. The first kappa shape index (κ1) is 24.9. The van der Waals surface area contributed by atoms with Crippen molar-refractivity contribution in [3.8, 4) is 5.69 Å². The van der Waals surface area contributed by atoms with Gasteiger partial charge in [-0.25, -0.2) is 15.0 Å². The number of hydrogen-bond acceptors (Lipinski definition) is 7. The number of carboxylic acids is 1. The normalized spacial score (nSPS) is 10.7. The van der Waals surface area contributed by atoms with Crippen LogP contribution in [0.1, 0.15) is 54.9 Å². The number of aromatic nitrogens is 1. The van der Waals surface area contributed by atoms with E-state index >= 15 is 0 Å². The van der Waals surface area contributed by atoms with Crippen LogP contribution in [-0.4, -0.2) is 46.5 Å². The van der Waals surface area contributed by atoms with Gasteiger partial charge < -0.3 is 19.1 Å². The number of benzene rings is 2. The van der Waals surface area contributed by atoms with Crippen molar-refractivity contribution in [1.82, 2.24) is 9.99 Å². The number of carboxylic acid groups (broad SMARTS) is 1. The van der Waals surface area contributed by atoms with Crippen LogP contribution in [-0.2, 0) is 14.3 Å². The Balaban J connectivity index is 1.86. The number of ether oxygens (including phenoxy) is 2. The highest BCUT2D eigenvalue weighted by Gasteiger charge is 2.19. The van der Waals surface area contributed by atoms with Crippen LogP contribution in [0.2, 0.25) is 0 Å². The zero-order valence-electron chi connectivity index (χ0n) is 19.3. The number of hydrogen-bond donors (Lipinski definition) is 2. The SMILES string of the molecule is CC(=O)OCOC(=O)c1ccc(C(=O)NN=Cc2cccc(C(=O)O)c2)cc1-n1c(C)ccc1C. The van der Waals surface area contributed by atoms with Crippen molar-refractivity contribution >= 4 is 30.0 Å². The molecular formula is C25H23N3O7. The van der Waals surface area contributed by atoms with Gasteiger partial charge in [-0.3, -0.25) is 9.59 Å². The largest absolute Gasteiger partial charge is 0.478 e. The molecule has 0 saturated carbocycles. The maximum absolute atomic E-state index is 12.7. The topological polar surface area (TPSA) is 136 Å². The fraction of sp³-hybridized carbons (Fsp3) is 0.160. The Hall–Kier alpha value is -4.73. The average Bonchev–Trinajstić information content (AvgIpc) is 3.16.